The van der Waals surface area contributed by atoms with E-state index in [1.165, 1.54) is 55.3 Å². The Morgan fingerprint density at radius 3 is 1.28 bits per heavy atom. The van der Waals surface area contributed by atoms with Gasteiger partial charge in [0.1, 0.15) is 0 Å². The molecule has 0 heterocycles. The molecule has 0 saturated heterocycles. The molecule has 0 bridgehead atoms. The van der Waals surface area contributed by atoms with Crippen LogP contribution >= 0.6 is 0 Å². The third-order valence-electron chi connectivity index (χ3n) is 8.89. The second-order valence-corrected chi connectivity index (χ2v) is 11.8. The summed E-state index contributed by atoms with van der Waals surface area (Å²) in [7, 11) is 0. The van der Waals surface area contributed by atoms with Gasteiger partial charge in [-0.3, -0.25) is 0 Å². The van der Waals surface area contributed by atoms with Gasteiger partial charge in [0.25, 0.3) is 0 Å². The summed E-state index contributed by atoms with van der Waals surface area (Å²) in [5, 5.41) is 2.42. The van der Waals surface area contributed by atoms with Crippen molar-refractivity contribution in [2.45, 2.75) is 0 Å². The zero-order chi connectivity index (χ0) is 31.4. The summed E-state index contributed by atoms with van der Waals surface area (Å²) in [5.74, 6) is 0. The van der Waals surface area contributed by atoms with Gasteiger partial charge in [0.2, 0.25) is 0 Å². The van der Waals surface area contributed by atoms with Crippen LogP contribution in [0.1, 0.15) is 0 Å². The molecule has 0 spiro atoms. The highest BCUT2D eigenvalue weighted by molar-refractivity contribution is 6.08. The molecule has 1 heteroatoms. The van der Waals surface area contributed by atoms with Gasteiger partial charge in [-0.25, -0.2) is 0 Å². The molecule has 0 aliphatic carbocycles. The molecule has 0 amide bonds. The molecular formula is C46H33N. The Morgan fingerprint density at radius 1 is 0.255 bits per heavy atom. The van der Waals surface area contributed by atoms with Crippen LogP contribution < -0.4 is 4.90 Å². The number of fused-ring (bicyclic) bond motifs is 1. The third-order valence-corrected chi connectivity index (χ3v) is 8.89. The number of hydrogen-bond acceptors (Lipinski definition) is 1. The van der Waals surface area contributed by atoms with Gasteiger partial charge in [-0.1, -0.05) is 176 Å². The zero-order valence-electron chi connectivity index (χ0n) is 26.0. The van der Waals surface area contributed by atoms with Crippen molar-refractivity contribution in [1.82, 2.24) is 0 Å². The Kier molecular flexibility index (Phi) is 7.63. The van der Waals surface area contributed by atoms with Crippen molar-refractivity contribution < 1.29 is 0 Å². The Balaban J connectivity index is 1.33. The van der Waals surface area contributed by atoms with Crippen molar-refractivity contribution >= 4 is 27.8 Å². The van der Waals surface area contributed by atoms with Crippen molar-refractivity contribution in [2.24, 2.45) is 0 Å². The highest BCUT2D eigenvalue weighted by atomic mass is 15.1. The minimum absolute atomic E-state index is 1.11. The lowest BCUT2D eigenvalue weighted by atomic mass is 9.94. The van der Waals surface area contributed by atoms with Gasteiger partial charge in [-0.05, 0) is 68.6 Å². The van der Waals surface area contributed by atoms with Crippen LogP contribution in [0.3, 0.4) is 0 Å². The molecule has 0 unspecified atom stereocenters. The number of anilines is 3. The fourth-order valence-corrected chi connectivity index (χ4v) is 6.59. The van der Waals surface area contributed by atoms with Crippen LogP contribution in [0.5, 0.6) is 0 Å². The van der Waals surface area contributed by atoms with E-state index in [0.29, 0.717) is 0 Å². The van der Waals surface area contributed by atoms with E-state index in [9.17, 15) is 0 Å². The number of hydrogen-bond donors (Lipinski definition) is 0. The van der Waals surface area contributed by atoms with E-state index in [1.807, 2.05) is 0 Å². The number of para-hydroxylation sites is 1. The van der Waals surface area contributed by atoms with Crippen molar-refractivity contribution in [3.8, 4) is 44.5 Å². The molecule has 0 atom stereocenters. The first kappa shape index (κ1) is 28.3. The van der Waals surface area contributed by atoms with Crippen LogP contribution in [0, 0.1) is 0 Å². The van der Waals surface area contributed by atoms with Crippen molar-refractivity contribution in [3.05, 3.63) is 200 Å². The molecule has 47 heavy (non-hydrogen) atoms. The lowest BCUT2D eigenvalue weighted by Gasteiger charge is -2.30. The molecule has 0 fully saturated rings. The Labute approximate surface area is 276 Å². The monoisotopic (exact) mass is 599 g/mol. The standard InChI is InChI=1S/C46H33N/c1-4-14-34(15-5-1)36-26-28-39(29-27-36)43-23-12-20-40-21-13-25-45(46(40)43)47(41-32-30-37(31-33-41)35-16-6-2-7-17-35)44-24-11-10-22-42(44)38-18-8-3-9-19-38/h1-33H. The Hall–Kier alpha value is -6.18. The number of nitrogens with zero attached hydrogens (tertiary/aromatic N) is 1. The third kappa shape index (κ3) is 5.60. The summed E-state index contributed by atoms with van der Waals surface area (Å²) in [6, 6.07) is 71.8. The fraction of sp³-hybridized carbons (Fsp3) is 0. The van der Waals surface area contributed by atoms with Crippen LogP contribution in [0.2, 0.25) is 0 Å². The molecule has 8 aromatic carbocycles. The molecule has 8 aromatic rings. The van der Waals surface area contributed by atoms with E-state index in [4.69, 9.17) is 0 Å². The predicted molar refractivity (Wildman–Crippen MR) is 200 cm³/mol. The summed E-state index contributed by atoms with van der Waals surface area (Å²) in [6.45, 7) is 0. The SMILES string of the molecule is c1ccc(-c2ccc(-c3cccc4cccc(N(c5ccc(-c6ccccc6)cc5)c5ccccc5-c5ccccc5)c34)cc2)cc1. The molecule has 0 aliphatic heterocycles. The van der Waals surface area contributed by atoms with Gasteiger partial charge in [-0.15, -0.1) is 0 Å². The molecule has 0 saturated carbocycles. The van der Waals surface area contributed by atoms with Crippen molar-refractivity contribution in [1.29, 1.82) is 0 Å². The maximum Gasteiger partial charge on any atom is 0.0546 e. The molecule has 0 N–H and O–H groups in total. The highest BCUT2D eigenvalue weighted by Gasteiger charge is 2.21. The maximum absolute atomic E-state index is 2.43. The lowest BCUT2D eigenvalue weighted by Crippen LogP contribution is -2.12. The largest absolute Gasteiger partial charge is 0.309 e. The molecule has 222 valence electrons. The summed E-state index contributed by atoms with van der Waals surface area (Å²) in [5.41, 5.74) is 13.0. The van der Waals surface area contributed by atoms with Crippen LogP contribution in [0.25, 0.3) is 55.3 Å². The predicted octanol–water partition coefficient (Wildman–Crippen LogP) is 13.0. The second-order valence-electron chi connectivity index (χ2n) is 11.8. The first-order valence-corrected chi connectivity index (χ1v) is 16.1. The minimum Gasteiger partial charge on any atom is -0.309 e. The van der Waals surface area contributed by atoms with Crippen LogP contribution in [0.15, 0.2) is 200 Å². The normalized spacial score (nSPS) is 11.0. The summed E-state index contributed by atoms with van der Waals surface area (Å²) >= 11 is 0. The van der Waals surface area contributed by atoms with Gasteiger partial charge in [0, 0.05) is 16.6 Å². The van der Waals surface area contributed by atoms with Gasteiger partial charge in [0.15, 0.2) is 0 Å². The van der Waals surface area contributed by atoms with Gasteiger partial charge < -0.3 is 4.90 Å². The smallest absolute Gasteiger partial charge is 0.0546 e. The summed E-state index contributed by atoms with van der Waals surface area (Å²) in [4.78, 5) is 2.43. The molecule has 0 aromatic heterocycles. The second kappa shape index (κ2) is 12.7. The van der Waals surface area contributed by atoms with E-state index in [-0.39, 0.29) is 0 Å². The molecule has 1 nitrogen and oxygen atoms in total. The topological polar surface area (TPSA) is 3.24 Å². The highest BCUT2D eigenvalue weighted by Crippen LogP contribution is 2.46. The maximum atomic E-state index is 2.43. The summed E-state index contributed by atoms with van der Waals surface area (Å²) < 4.78 is 0. The van der Waals surface area contributed by atoms with E-state index in [0.717, 1.165) is 17.1 Å². The van der Waals surface area contributed by atoms with Crippen molar-refractivity contribution in [3.63, 3.8) is 0 Å². The van der Waals surface area contributed by atoms with Crippen LogP contribution in [0.4, 0.5) is 17.1 Å². The van der Waals surface area contributed by atoms with Gasteiger partial charge in [0.05, 0.1) is 11.4 Å². The molecule has 0 aliphatic rings. The van der Waals surface area contributed by atoms with E-state index >= 15 is 0 Å². The average Bonchev–Trinajstić information content (AvgIpc) is 3.16. The van der Waals surface area contributed by atoms with E-state index < -0.39 is 0 Å². The molecule has 8 rings (SSSR count). The summed E-state index contributed by atoms with van der Waals surface area (Å²) in [6.07, 6.45) is 0. The zero-order valence-corrected chi connectivity index (χ0v) is 26.0. The first-order valence-electron chi connectivity index (χ1n) is 16.1. The van der Waals surface area contributed by atoms with Crippen LogP contribution in [-0.2, 0) is 0 Å². The van der Waals surface area contributed by atoms with Crippen molar-refractivity contribution in [2.75, 3.05) is 4.90 Å². The quantitative estimate of drug-likeness (QED) is 0.176. The Bertz CT molecular complexity index is 2250. The minimum atomic E-state index is 1.11. The average molecular weight is 600 g/mol. The van der Waals surface area contributed by atoms with Gasteiger partial charge >= 0.3 is 0 Å². The molecular weight excluding hydrogens is 567 g/mol. The lowest BCUT2D eigenvalue weighted by molar-refractivity contribution is 1.30. The Morgan fingerprint density at radius 2 is 0.660 bits per heavy atom. The fourth-order valence-electron chi connectivity index (χ4n) is 6.59. The van der Waals surface area contributed by atoms with E-state index in [1.54, 1.807) is 0 Å². The van der Waals surface area contributed by atoms with Gasteiger partial charge in [-0.2, -0.15) is 0 Å². The number of benzene rings is 8. The first-order chi connectivity index (χ1) is 23.3. The molecule has 0 radical (unpaired) electrons. The van der Waals surface area contributed by atoms with E-state index in [2.05, 4.69) is 205 Å². The van der Waals surface area contributed by atoms with Crippen LogP contribution in [-0.4, -0.2) is 0 Å². The number of rotatable bonds is 7.